The van der Waals surface area contributed by atoms with Crippen LogP contribution in [0.15, 0.2) is 66.0 Å². The molecular formula is C21H15N7O. The van der Waals surface area contributed by atoms with Gasteiger partial charge in [-0.2, -0.15) is 5.26 Å². The molecule has 0 amide bonds. The first-order valence-electron chi connectivity index (χ1n) is 9.04. The Kier molecular flexibility index (Phi) is 3.74. The molecule has 4 heterocycles. The second-order valence-corrected chi connectivity index (χ2v) is 6.73. The Morgan fingerprint density at radius 1 is 1.21 bits per heavy atom. The number of nitrogens with zero attached hydrogens (tertiary/aromatic N) is 6. The largest absolute Gasteiger partial charge is 0.328 e. The average molecular weight is 381 g/mol. The molecule has 1 atom stereocenters. The Balaban J connectivity index is 1.70. The van der Waals surface area contributed by atoms with Crippen LogP contribution in [0.4, 0.5) is 0 Å². The molecule has 140 valence electrons. The van der Waals surface area contributed by atoms with E-state index in [4.69, 9.17) is 4.98 Å². The lowest BCUT2D eigenvalue weighted by Gasteiger charge is -2.13. The minimum Gasteiger partial charge on any atom is -0.304 e. The molecule has 0 aliphatic heterocycles. The van der Waals surface area contributed by atoms with Crippen LogP contribution in [0.25, 0.3) is 28.0 Å². The Morgan fingerprint density at radius 2 is 2.10 bits per heavy atom. The van der Waals surface area contributed by atoms with E-state index in [2.05, 4.69) is 21.0 Å². The van der Waals surface area contributed by atoms with Crippen molar-refractivity contribution in [3.05, 3.63) is 82.8 Å². The molecule has 0 saturated carbocycles. The van der Waals surface area contributed by atoms with E-state index >= 15 is 0 Å². The summed E-state index contributed by atoms with van der Waals surface area (Å²) in [6, 6.07) is 14.6. The molecule has 8 heteroatoms. The molecular weight excluding hydrogens is 366 g/mol. The van der Waals surface area contributed by atoms with E-state index in [1.807, 2.05) is 35.8 Å². The molecule has 8 nitrogen and oxygen atoms in total. The van der Waals surface area contributed by atoms with Crippen LogP contribution in [0, 0.1) is 11.3 Å². The highest BCUT2D eigenvalue weighted by molar-refractivity contribution is 5.79. The lowest BCUT2D eigenvalue weighted by molar-refractivity contribution is 0.628. The molecule has 0 unspecified atom stereocenters. The molecule has 29 heavy (non-hydrogen) atoms. The number of rotatable bonds is 3. The first kappa shape index (κ1) is 16.9. The fourth-order valence-corrected chi connectivity index (χ4v) is 3.52. The maximum Gasteiger partial charge on any atom is 0.328 e. The quantitative estimate of drug-likeness (QED) is 0.517. The standard InChI is InChI=1S/C21H15N7O/c1-13(15-3-2-8-23-11-15)28-20-17(25-21(28)29)6-7-19(26-20)27-12-24-16-5-4-14(10-22)9-18(16)27/h2-9,11-13H,1H3,(H,25,29)/t13-/m1/s1. The molecule has 1 aromatic carbocycles. The van der Waals surface area contributed by atoms with Crippen LogP contribution in [0.2, 0.25) is 0 Å². The van der Waals surface area contributed by atoms with Crippen LogP contribution in [0.1, 0.15) is 24.1 Å². The van der Waals surface area contributed by atoms with Crippen molar-refractivity contribution in [3.63, 3.8) is 0 Å². The van der Waals surface area contributed by atoms with Gasteiger partial charge in [0, 0.05) is 12.4 Å². The molecule has 1 N–H and O–H groups in total. The van der Waals surface area contributed by atoms with Gasteiger partial charge in [-0.3, -0.25) is 14.1 Å². The molecule has 0 bridgehead atoms. The van der Waals surface area contributed by atoms with Gasteiger partial charge in [0.15, 0.2) is 5.65 Å². The summed E-state index contributed by atoms with van der Waals surface area (Å²) in [6.07, 6.45) is 5.11. The third kappa shape index (κ3) is 2.68. The third-order valence-electron chi connectivity index (χ3n) is 5.03. The van der Waals surface area contributed by atoms with Crippen LogP contribution in [0.5, 0.6) is 0 Å². The van der Waals surface area contributed by atoms with Crippen molar-refractivity contribution in [2.75, 3.05) is 0 Å². The van der Waals surface area contributed by atoms with Gasteiger partial charge in [0.2, 0.25) is 0 Å². The molecule has 0 spiro atoms. The van der Waals surface area contributed by atoms with Gasteiger partial charge in [-0.05, 0) is 48.9 Å². The van der Waals surface area contributed by atoms with Crippen LogP contribution < -0.4 is 5.69 Å². The Morgan fingerprint density at radius 3 is 2.90 bits per heavy atom. The lowest BCUT2D eigenvalue weighted by atomic mass is 10.1. The maximum absolute atomic E-state index is 12.6. The summed E-state index contributed by atoms with van der Waals surface area (Å²) >= 11 is 0. The van der Waals surface area contributed by atoms with E-state index < -0.39 is 0 Å². The van der Waals surface area contributed by atoms with Crippen LogP contribution in [0.3, 0.4) is 0 Å². The fraction of sp³-hybridized carbons (Fsp3) is 0.0952. The number of H-pyrrole nitrogens is 1. The molecule has 0 aliphatic carbocycles. The molecule has 5 rings (SSSR count). The van der Waals surface area contributed by atoms with Crippen molar-refractivity contribution in [2.45, 2.75) is 13.0 Å². The third-order valence-corrected chi connectivity index (χ3v) is 5.03. The van der Waals surface area contributed by atoms with E-state index in [1.165, 1.54) is 0 Å². The predicted molar refractivity (Wildman–Crippen MR) is 108 cm³/mol. The lowest BCUT2D eigenvalue weighted by Crippen LogP contribution is -2.21. The Labute approximate surface area is 164 Å². The van der Waals surface area contributed by atoms with Crippen LogP contribution in [-0.4, -0.2) is 29.1 Å². The highest BCUT2D eigenvalue weighted by Crippen LogP contribution is 2.23. The number of fused-ring (bicyclic) bond motifs is 2. The number of imidazole rings is 2. The summed E-state index contributed by atoms with van der Waals surface area (Å²) in [5.41, 5.74) is 3.96. The number of pyridine rings is 2. The van der Waals surface area contributed by atoms with Gasteiger partial charge < -0.3 is 4.98 Å². The van der Waals surface area contributed by atoms with Gasteiger partial charge in [-0.1, -0.05) is 6.07 Å². The SMILES string of the molecule is C[C@H](c1cccnc1)n1c(=O)[nH]c2ccc(-n3cnc4ccc(C#N)cc43)nc21. The average Bonchev–Trinajstić information content (AvgIpc) is 3.32. The normalized spacial score (nSPS) is 12.3. The first-order valence-corrected chi connectivity index (χ1v) is 9.04. The summed E-state index contributed by atoms with van der Waals surface area (Å²) in [4.78, 5) is 28.8. The zero-order chi connectivity index (χ0) is 20.0. The van der Waals surface area contributed by atoms with Gasteiger partial charge in [-0.15, -0.1) is 0 Å². The van der Waals surface area contributed by atoms with Crippen LogP contribution in [-0.2, 0) is 0 Å². The summed E-state index contributed by atoms with van der Waals surface area (Å²) in [7, 11) is 0. The maximum atomic E-state index is 12.6. The second-order valence-electron chi connectivity index (χ2n) is 6.73. The van der Waals surface area contributed by atoms with E-state index in [0.29, 0.717) is 22.5 Å². The molecule has 0 aliphatic rings. The summed E-state index contributed by atoms with van der Waals surface area (Å²) in [5.74, 6) is 0.612. The molecule has 0 fully saturated rings. The number of hydrogen-bond acceptors (Lipinski definition) is 5. The Bertz CT molecular complexity index is 1450. The summed E-state index contributed by atoms with van der Waals surface area (Å²) in [6.45, 7) is 1.94. The predicted octanol–water partition coefficient (Wildman–Crippen LogP) is 2.94. The highest BCUT2D eigenvalue weighted by Gasteiger charge is 2.17. The van der Waals surface area contributed by atoms with Crippen molar-refractivity contribution in [1.82, 2.24) is 29.1 Å². The number of aromatic nitrogens is 6. The number of aromatic amines is 1. The Hall–Kier alpha value is -4.25. The van der Waals surface area contributed by atoms with Gasteiger partial charge in [-0.25, -0.2) is 14.8 Å². The smallest absolute Gasteiger partial charge is 0.304 e. The van der Waals surface area contributed by atoms with Crippen molar-refractivity contribution in [1.29, 1.82) is 5.26 Å². The first-order chi connectivity index (χ1) is 14.2. The van der Waals surface area contributed by atoms with Crippen LogP contribution >= 0.6 is 0 Å². The van der Waals surface area contributed by atoms with E-state index in [9.17, 15) is 10.1 Å². The molecule has 4 aromatic heterocycles. The van der Waals surface area contributed by atoms with Crippen molar-refractivity contribution in [3.8, 4) is 11.9 Å². The van der Waals surface area contributed by atoms with Gasteiger partial charge in [0.05, 0.1) is 34.2 Å². The van der Waals surface area contributed by atoms with Gasteiger partial charge in [0.25, 0.3) is 0 Å². The molecule has 0 radical (unpaired) electrons. The minimum atomic E-state index is -0.238. The van der Waals surface area contributed by atoms with E-state index in [1.54, 1.807) is 41.5 Å². The number of nitriles is 1. The summed E-state index contributed by atoms with van der Waals surface area (Å²) < 4.78 is 3.43. The summed E-state index contributed by atoms with van der Waals surface area (Å²) in [5, 5.41) is 9.20. The highest BCUT2D eigenvalue weighted by atomic mass is 16.1. The molecule has 5 aromatic rings. The van der Waals surface area contributed by atoms with Crippen molar-refractivity contribution in [2.24, 2.45) is 0 Å². The van der Waals surface area contributed by atoms with Gasteiger partial charge >= 0.3 is 5.69 Å². The number of nitrogens with one attached hydrogen (secondary N) is 1. The van der Waals surface area contributed by atoms with E-state index in [0.717, 1.165) is 16.6 Å². The molecule has 0 saturated heterocycles. The second kappa shape index (κ2) is 6.42. The van der Waals surface area contributed by atoms with Crippen molar-refractivity contribution < 1.29 is 0 Å². The monoisotopic (exact) mass is 381 g/mol. The number of hydrogen-bond donors (Lipinski definition) is 1. The van der Waals surface area contributed by atoms with Gasteiger partial charge in [0.1, 0.15) is 12.1 Å². The minimum absolute atomic E-state index is 0.233. The van der Waals surface area contributed by atoms with Crippen molar-refractivity contribution >= 4 is 22.2 Å². The topological polar surface area (TPSA) is 105 Å². The fourth-order valence-electron chi connectivity index (χ4n) is 3.52. The number of benzene rings is 1. The zero-order valence-electron chi connectivity index (χ0n) is 15.4. The zero-order valence-corrected chi connectivity index (χ0v) is 15.4. The van der Waals surface area contributed by atoms with E-state index in [-0.39, 0.29) is 11.7 Å².